The highest BCUT2D eigenvalue weighted by atomic mass is 32.2. The summed E-state index contributed by atoms with van der Waals surface area (Å²) in [4.78, 5) is 18.6. The minimum absolute atomic E-state index is 0.0600. The third kappa shape index (κ3) is 4.44. The molecule has 1 aromatic carbocycles. The summed E-state index contributed by atoms with van der Waals surface area (Å²) in [5.41, 5.74) is 2.02. The van der Waals surface area contributed by atoms with Crippen molar-refractivity contribution < 1.29 is 13.2 Å². The van der Waals surface area contributed by atoms with Crippen LogP contribution in [0.4, 0.5) is 11.4 Å². The van der Waals surface area contributed by atoms with Crippen LogP contribution >= 0.6 is 0 Å². The van der Waals surface area contributed by atoms with E-state index < -0.39 is 9.84 Å². The molecule has 7 nitrogen and oxygen atoms in total. The Hall–Kier alpha value is -2.92. The number of nitriles is 1. The maximum absolute atomic E-state index is 12.4. The Labute approximate surface area is 158 Å². The number of nitrogens with one attached hydrogen (secondary N) is 1. The summed E-state index contributed by atoms with van der Waals surface area (Å²) in [5, 5.41) is 11.6. The van der Waals surface area contributed by atoms with Crippen LogP contribution in [-0.2, 0) is 9.84 Å². The van der Waals surface area contributed by atoms with Crippen molar-refractivity contribution in [3.8, 4) is 6.07 Å². The molecule has 8 heteroatoms. The Bertz CT molecular complexity index is 981. The average Bonchev–Trinajstić information content (AvgIpc) is 3.02. The van der Waals surface area contributed by atoms with Gasteiger partial charge in [0, 0.05) is 18.3 Å². The quantitative estimate of drug-likeness (QED) is 0.848. The maximum atomic E-state index is 12.4. The molecule has 1 fully saturated rings. The van der Waals surface area contributed by atoms with E-state index in [1.807, 2.05) is 17.9 Å². The van der Waals surface area contributed by atoms with Crippen LogP contribution in [0.5, 0.6) is 0 Å². The highest BCUT2D eigenvalue weighted by Crippen LogP contribution is 2.24. The lowest BCUT2D eigenvalue weighted by Gasteiger charge is -2.28. The second-order valence-corrected chi connectivity index (χ2v) is 8.62. The first-order valence-electron chi connectivity index (χ1n) is 8.66. The number of sulfone groups is 1. The van der Waals surface area contributed by atoms with Gasteiger partial charge in [0.15, 0.2) is 9.84 Å². The predicted molar refractivity (Wildman–Crippen MR) is 103 cm³/mol. The van der Waals surface area contributed by atoms with Crippen molar-refractivity contribution in [1.29, 1.82) is 5.26 Å². The molecule has 1 atom stereocenters. The van der Waals surface area contributed by atoms with Gasteiger partial charge in [-0.05, 0) is 43.7 Å². The number of hydrogen-bond donors (Lipinski definition) is 1. The molecule has 1 saturated heterocycles. The van der Waals surface area contributed by atoms with Crippen molar-refractivity contribution in [2.45, 2.75) is 19.4 Å². The van der Waals surface area contributed by atoms with Crippen LogP contribution in [0.25, 0.3) is 0 Å². The van der Waals surface area contributed by atoms with Gasteiger partial charge in [-0.2, -0.15) is 5.26 Å². The van der Waals surface area contributed by atoms with Gasteiger partial charge in [0.25, 0.3) is 5.91 Å². The zero-order valence-corrected chi connectivity index (χ0v) is 15.7. The summed E-state index contributed by atoms with van der Waals surface area (Å²) in [6, 6.07) is 12.0. The third-order valence-electron chi connectivity index (χ3n) is 4.55. The molecule has 140 valence electrons. The highest BCUT2D eigenvalue weighted by Gasteiger charge is 2.32. The highest BCUT2D eigenvalue weighted by molar-refractivity contribution is 7.91. The van der Waals surface area contributed by atoms with Crippen LogP contribution in [0.3, 0.4) is 0 Å². The lowest BCUT2D eigenvalue weighted by atomic mass is 10.2. The Kier molecular flexibility index (Phi) is 5.42. The van der Waals surface area contributed by atoms with Crippen LogP contribution in [0, 0.1) is 11.3 Å². The van der Waals surface area contributed by atoms with Crippen LogP contribution < -0.4 is 10.2 Å². The van der Waals surface area contributed by atoms with Crippen LogP contribution in [0.2, 0.25) is 0 Å². The Morgan fingerprint density at radius 2 is 2.19 bits per heavy atom. The number of hydrogen-bond acceptors (Lipinski definition) is 6. The van der Waals surface area contributed by atoms with Crippen molar-refractivity contribution in [3.63, 3.8) is 0 Å². The largest absolute Gasteiger partial charge is 0.367 e. The van der Waals surface area contributed by atoms with Gasteiger partial charge in [-0.3, -0.25) is 4.79 Å². The number of carbonyl (C=O) groups is 1. The second kappa shape index (κ2) is 7.76. The molecule has 1 unspecified atom stereocenters. The SMILES string of the molecule is CCN(c1ccc(C(=O)Nc2cccc(C#N)c2)nc1)C1CCS(=O)(=O)C1. The Morgan fingerprint density at radius 1 is 1.37 bits per heavy atom. The Morgan fingerprint density at radius 3 is 2.78 bits per heavy atom. The predicted octanol–water partition coefficient (Wildman–Crippen LogP) is 2.22. The third-order valence-corrected chi connectivity index (χ3v) is 6.30. The van der Waals surface area contributed by atoms with Crippen LogP contribution in [0.15, 0.2) is 42.6 Å². The van der Waals surface area contributed by atoms with E-state index in [9.17, 15) is 13.2 Å². The van der Waals surface area contributed by atoms with Gasteiger partial charge in [-0.15, -0.1) is 0 Å². The molecule has 1 amide bonds. The molecule has 1 aliphatic heterocycles. The van der Waals surface area contributed by atoms with Gasteiger partial charge in [0.05, 0.1) is 35.0 Å². The van der Waals surface area contributed by atoms with Crippen molar-refractivity contribution in [2.24, 2.45) is 0 Å². The average molecular weight is 384 g/mol. The summed E-state index contributed by atoms with van der Waals surface area (Å²) in [6.07, 6.45) is 2.20. The zero-order chi connectivity index (χ0) is 19.4. The van der Waals surface area contributed by atoms with Gasteiger partial charge in [-0.25, -0.2) is 13.4 Å². The van der Waals surface area contributed by atoms with E-state index in [0.29, 0.717) is 24.2 Å². The molecule has 0 spiro atoms. The number of benzene rings is 1. The number of anilines is 2. The molecule has 1 N–H and O–H groups in total. The number of amides is 1. The molecule has 0 bridgehead atoms. The number of rotatable bonds is 5. The molecule has 2 heterocycles. The summed E-state index contributed by atoms with van der Waals surface area (Å²) >= 11 is 0. The van der Waals surface area contributed by atoms with Crippen molar-refractivity contribution >= 4 is 27.1 Å². The molecule has 1 aliphatic rings. The minimum Gasteiger partial charge on any atom is -0.367 e. The minimum atomic E-state index is -2.97. The van der Waals surface area contributed by atoms with Crippen LogP contribution in [-0.4, -0.2) is 43.4 Å². The fourth-order valence-corrected chi connectivity index (χ4v) is 4.96. The zero-order valence-electron chi connectivity index (χ0n) is 14.9. The molecular formula is C19H20N4O3S. The summed E-state index contributed by atoms with van der Waals surface area (Å²) in [5.74, 6) is -0.00885. The fourth-order valence-electron chi connectivity index (χ4n) is 3.22. The maximum Gasteiger partial charge on any atom is 0.274 e. The van der Waals surface area contributed by atoms with Gasteiger partial charge in [-0.1, -0.05) is 6.07 Å². The summed E-state index contributed by atoms with van der Waals surface area (Å²) in [6.45, 7) is 2.63. The normalized spacial score (nSPS) is 17.9. The fraction of sp³-hybridized carbons (Fsp3) is 0.316. The first-order chi connectivity index (χ1) is 12.9. The summed E-state index contributed by atoms with van der Waals surface area (Å²) in [7, 11) is -2.97. The molecule has 2 aromatic rings. The van der Waals surface area contributed by atoms with Gasteiger partial charge in [0.1, 0.15) is 5.69 Å². The van der Waals surface area contributed by atoms with E-state index in [0.717, 1.165) is 5.69 Å². The van der Waals surface area contributed by atoms with Gasteiger partial charge < -0.3 is 10.2 Å². The molecular weight excluding hydrogens is 364 g/mol. The van der Waals surface area contributed by atoms with Crippen molar-refractivity contribution in [2.75, 3.05) is 28.3 Å². The van der Waals surface area contributed by atoms with E-state index in [2.05, 4.69) is 10.3 Å². The van der Waals surface area contributed by atoms with E-state index in [1.165, 1.54) is 0 Å². The standard InChI is InChI=1S/C19H20N4O3S/c1-2-23(17-8-9-27(25,26)13-17)16-6-7-18(21-12-16)19(24)22-15-5-3-4-14(10-15)11-20/h3-7,10,12,17H,2,8-9,13H2,1H3,(H,22,24). The first-order valence-corrected chi connectivity index (χ1v) is 10.5. The van der Waals surface area contributed by atoms with Gasteiger partial charge in [0.2, 0.25) is 0 Å². The smallest absolute Gasteiger partial charge is 0.274 e. The second-order valence-electron chi connectivity index (χ2n) is 6.39. The molecule has 1 aromatic heterocycles. The molecule has 0 radical (unpaired) electrons. The lowest BCUT2D eigenvalue weighted by molar-refractivity contribution is 0.102. The van der Waals surface area contributed by atoms with Gasteiger partial charge >= 0.3 is 0 Å². The van der Waals surface area contributed by atoms with E-state index in [-0.39, 0.29) is 29.1 Å². The number of pyridine rings is 1. The number of nitrogens with zero attached hydrogens (tertiary/aromatic N) is 3. The Balaban J connectivity index is 1.72. The summed E-state index contributed by atoms with van der Waals surface area (Å²) < 4.78 is 23.5. The number of aromatic nitrogens is 1. The molecule has 27 heavy (non-hydrogen) atoms. The van der Waals surface area contributed by atoms with E-state index in [1.54, 1.807) is 42.6 Å². The van der Waals surface area contributed by atoms with Crippen molar-refractivity contribution in [3.05, 3.63) is 53.9 Å². The molecule has 0 aliphatic carbocycles. The lowest BCUT2D eigenvalue weighted by Crippen LogP contribution is -2.36. The van der Waals surface area contributed by atoms with Crippen LogP contribution in [0.1, 0.15) is 29.4 Å². The molecule has 0 saturated carbocycles. The number of carbonyl (C=O) groups excluding carboxylic acids is 1. The first kappa shape index (κ1) is 18.9. The molecule has 3 rings (SSSR count). The monoisotopic (exact) mass is 384 g/mol. The van der Waals surface area contributed by atoms with E-state index >= 15 is 0 Å². The topological polar surface area (TPSA) is 103 Å². The van der Waals surface area contributed by atoms with Crippen molar-refractivity contribution in [1.82, 2.24) is 4.98 Å². The van der Waals surface area contributed by atoms with E-state index in [4.69, 9.17) is 5.26 Å².